The van der Waals surface area contributed by atoms with Gasteiger partial charge in [0.1, 0.15) is 18.1 Å². The Morgan fingerprint density at radius 2 is 1.75 bits per heavy atom. The second-order valence-corrected chi connectivity index (χ2v) is 14.7. The Kier molecular flexibility index (Phi) is 9.99. The lowest BCUT2D eigenvalue weighted by atomic mass is 10.1. The highest BCUT2D eigenvalue weighted by Gasteiger charge is 2.20. The van der Waals surface area contributed by atoms with Gasteiger partial charge in [0, 0.05) is 14.7 Å². The Morgan fingerprint density at radius 1 is 1.11 bits per heavy atom. The number of alkyl carbamates (subject to hydrolysis) is 1. The molecule has 1 atom stereocenters. The van der Waals surface area contributed by atoms with Crippen LogP contribution in [0.4, 0.5) is 4.79 Å². The number of nitrogens with one attached hydrogen (secondary N) is 1. The summed E-state index contributed by atoms with van der Waals surface area (Å²) in [5.74, 6) is 0.799. The monoisotopic (exact) mass is 411 g/mol. The third-order valence-electron chi connectivity index (χ3n) is 3.84. The van der Waals surface area contributed by atoms with Gasteiger partial charge in [0.2, 0.25) is 0 Å². The van der Waals surface area contributed by atoms with Crippen molar-refractivity contribution < 1.29 is 23.7 Å². The second kappa shape index (κ2) is 11.4. The van der Waals surface area contributed by atoms with E-state index in [0.717, 1.165) is 17.4 Å². The first kappa shape index (κ1) is 24.5. The first-order chi connectivity index (χ1) is 13.0. The standard InChI is InChI=1S/C21H37NO5Si/c1-21(2,3)27-20(23)22-18(14-17-8-10-19(24-4)11-9-17)15-26-16-25-12-13-28(5,6)7/h8-11,18H,12-16H2,1-7H3,(H,22,23)/t18-/m0/s1. The normalized spacial score (nSPS) is 13.1. The zero-order chi connectivity index (χ0) is 21.2. The topological polar surface area (TPSA) is 66.0 Å². The minimum absolute atomic E-state index is 0.219. The van der Waals surface area contributed by atoms with E-state index in [-0.39, 0.29) is 12.8 Å². The summed E-state index contributed by atoms with van der Waals surface area (Å²) in [6, 6.07) is 8.64. The Bertz CT molecular complexity index is 578. The van der Waals surface area contributed by atoms with Gasteiger partial charge in [0.05, 0.1) is 19.8 Å². The van der Waals surface area contributed by atoms with Gasteiger partial charge in [0.25, 0.3) is 0 Å². The summed E-state index contributed by atoms with van der Waals surface area (Å²) >= 11 is 0. The van der Waals surface area contributed by atoms with E-state index in [2.05, 4.69) is 25.0 Å². The summed E-state index contributed by atoms with van der Waals surface area (Å²) in [5, 5.41) is 2.90. The Morgan fingerprint density at radius 3 is 2.29 bits per heavy atom. The van der Waals surface area contributed by atoms with E-state index in [4.69, 9.17) is 18.9 Å². The van der Waals surface area contributed by atoms with Gasteiger partial charge in [-0.3, -0.25) is 0 Å². The molecular weight excluding hydrogens is 374 g/mol. The molecule has 0 spiro atoms. The molecule has 28 heavy (non-hydrogen) atoms. The summed E-state index contributed by atoms with van der Waals surface area (Å²) in [7, 11) is 0.530. The van der Waals surface area contributed by atoms with Crippen molar-refractivity contribution in [2.24, 2.45) is 0 Å². The van der Waals surface area contributed by atoms with Crippen molar-refractivity contribution in [3.63, 3.8) is 0 Å². The average molecular weight is 412 g/mol. The first-order valence-electron chi connectivity index (χ1n) is 9.76. The van der Waals surface area contributed by atoms with Gasteiger partial charge in [0.15, 0.2) is 0 Å². The number of carbonyl (C=O) groups excluding carboxylic acids is 1. The molecule has 6 nitrogen and oxygen atoms in total. The molecule has 0 unspecified atom stereocenters. The van der Waals surface area contributed by atoms with Gasteiger partial charge in [-0.2, -0.15) is 0 Å². The SMILES string of the molecule is COc1ccc(C[C@@H](COCOCC[Si](C)(C)C)NC(=O)OC(C)(C)C)cc1. The number of rotatable bonds is 11. The van der Waals surface area contributed by atoms with Crippen LogP contribution in [0.1, 0.15) is 26.3 Å². The fourth-order valence-corrected chi connectivity index (χ4v) is 3.12. The van der Waals surface area contributed by atoms with E-state index < -0.39 is 19.8 Å². The number of ether oxygens (including phenoxy) is 4. The molecule has 0 aliphatic carbocycles. The summed E-state index contributed by atoms with van der Waals surface area (Å²) < 4.78 is 21.8. The Labute approximate surface area is 170 Å². The van der Waals surface area contributed by atoms with E-state index in [1.807, 2.05) is 45.0 Å². The molecule has 0 radical (unpaired) electrons. The number of hydrogen-bond acceptors (Lipinski definition) is 5. The van der Waals surface area contributed by atoms with Crippen LogP contribution in [-0.4, -0.2) is 52.9 Å². The highest BCUT2D eigenvalue weighted by atomic mass is 28.3. The molecule has 1 aromatic carbocycles. The van der Waals surface area contributed by atoms with E-state index in [0.29, 0.717) is 19.6 Å². The third kappa shape index (κ3) is 12.0. The van der Waals surface area contributed by atoms with Crippen molar-refractivity contribution in [1.82, 2.24) is 5.32 Å². The van der Waals surface area contributed by atoms with Crippen LogP contribution < -0.4 is 10.1 Å². The molecule has 0 aromatic heterocycles. The van der Waals surface area contributed by atoms with Gasteiger partial charge in [-0.1, -0.05) is 31.8 Å². The average Bonchev–Trinajstić information content (AvgIpc) is 2.55. The van der Waals surface area contributed by atoms with Crippen LogP contribution in [-0.2, 0) is 20.6 Å². The predicted octanol–water partition coefficient (Wildman–Crippen LogP) is 4.46. The minimum atomic E-state index is -1.11. The molecule has 0 saturated carbocycles. The molecule has 1 N–H and O–H groups in total. The molecule has 0 fully saturated rings. The van der Waals surface area contributed by atoms with Crippen molar-refractivity contribution in [2.45, 2.75) is 64.5 Å². The molecule has 1 aromatic rings. The van der Waals surface area contributed by atoms with Crippen LogP contribution in [0, 0.1) is 0 Å². The first-order valence-corrected chi connectivity index (χ1v) is 13.5. The van der Waals surface area contributed by atoms with Crippen molar-refractivity contribution in [1.29, 1.82) is 0 Å². The molecule has 7 heteroatoms. The lowest BCUT2D eigenvalue weighted by Crippen LogP contribution is -2.42. The molecule has 1 rings (SSSR count). The van der Waals surface area contributed by atoms with Crippen molar-refractivity contribution >= 4 is 14.2 Å². The smallest absolute Gasteiger partial charge is 0.407 e. The number of methoxy groups -OCH3 is 1. The second-order valence-electron chi connectivity index (χ2n) is 9.10. The summed E-state index contributed by atoms with van der Waals surface area (Å²) in [6.45, 7) is 13.7. The maximum atomic E-state index is 12.2. The molecule has 0 aliphatic rings. The fraction of sp³-hybridized carbons (Fsp3) is 0.667. The van der Waals surface area contributed by atoms with Crippen LogP contribution in [0.25, 0.3) is 0 Å². The van der Waals surface area contributed by atoms with Gasteiger partial charge >= 0.3 is 6.09 Å². The largest absolute Gasteiger partial charge is 0.497 e. The van der Waals surface area contributed by atoms with Gasteiger partial charge < -0.3 is 24.3 Å². The summed E-state index contributed by atoms with van der Waals surface area (Å²) in [4.78, 5) is 12.2. The number of benzene rings is 1. The Balaban J connectivity index is 2.55. The van der Waals surface area contributed by atoms with E-state index >= 15 is 0 Å². The minimum Gasteiger partial charge on any atom is -0.497 e. The van der Waals surface area contributed by atoms with E-state index in [1.54, 1.807) is 7.11 Å². The molecule has 0 bridgehead atoms. The molecule has 160 valence electrons. The zero-order valence-corrected chi connectivity index (χ0v) is 19.5. The quantitative estimate of drug-likeness (QED) is 0.331. The maximum absolute atomic E-state index is 12.2. The van der Waals surface area contributed by atoms with E-state index in [1.165, 1.54) is 0 Å². The third-order valence-corrected chi connectivity index (χ3v) is 5.55. The highest BCUT2D eigenvalue weighted by Crippen LogP contribution is 2.14. The van der Waals surface area contributed by atoms with Gasteiger partial charge in [-0.05, 0) is 50.9 Å². The number of hydrogen-bond donors (Lipinski definition) is 1. The van der Waals surface area contributed by atoms with Crippen molar-refractivity contribution in [2.75, 3.05) is 27.1 Å². The van der Waals surface area contributed by atoms with Crippen LogP contribution in [0.2, 0.25) is 25.7 Å². The van der Waals surface area contributed by atoms with Gasteiger partial charge in [-0.25, -0.2) is 4.79 Å². The van der Waals surface area contributed by atoms with Gasteiger partial charge in [-0.15, -0.1) is 0 Å². The van der Waals surface area contributed by atoms with Crippen molar-refractivity contribution in [3.8, 4) is 5.75 Å². The van der Waals surface area contributed by atoms with Crippen LogP contribution in [0.15, 0.2) is 24.3 Å². The van der Waals surface area contributed by atoms with E-state index in [9.17, 15) is 4.79 Å². The molecular formula is C21H37NO5Si. The maximum Gasteiger partial charge on any atom is 0.407 e. The molecule has 1 amide bonds. The molecule has 0 heterocycles. The molecule has 0 aliphatic heterocycles. The predicted molar refractivity (Wildman–Crippen MR) is 115 cm³/mol. The summed E-state index contributed by atoms with van der Waals surface area (Å²) in [6.07, 6.45) is 0.173. The fourth-order valence-electron chi connectivity index (χ4n) is 2.36. The number of amides is 1. The lowest BCUT2D eigenvalue weighted by molar-refractivity contribution is -0.0562. The highest BCUT2D eigenvalue weighted by molar-refractivity contribution is 6.76. The zero-order valence-electron chi connectivity index (χ0n) is 18.5. The lowest BCUT2D eigenvalue weighted by Gasteiger charge is -2.24. The number of carbonyl (C=O) groups is 1. The van der Waals surface area contributed by atoms with Crippen LogP contribution in [0.5, 0.6) is 5.75 Å². The molecule has 0 saturated heterocycles. The van der Waals surface area contributed by atoms with Crippen molar-refractivity contribution in [3.05, 3.63) is 29.8 Å². The Hall–Kier alpha value is -1.57. The van der Waals surface area contributed by atoms with Crippen LogP contribution in [0.3, 0.4) is 0 Å². The van der Waals surface area contributed by atoms with Crippen LogP contribution >= 0.6 is 0 Å². The summed E-state index contributed by atoms with van der Waals surface area (Å²) in [5.41, 5.74) is 0.528.